The summed E-state index contributed by atoms with van der Waals surface area (Å²) >= 11 is 0. The smallest absolute Gasteiger partial charge is 0.0998 e. The highest BCUT2D eigenvalue weighted by Crippen LogP contribution is 2.14. The third-order valence-electron chi connectivity index (χ3n) is 2.71. The monoisotopic (exact) mass is 191 g/mol. The van der Waals surface area contributed by atoms with Gasteiger partial charge in [-0.25, -0.2) is 0 Å². The average molecular weight is 191 g/mol. The van der Waals surface area contributed by atoms with Crippen molar-refractivity contribution in [1.29, 1.82) is 0 Å². The molecule has 0 N–H and O–H groups in total. The molecule has 1 heterocycles. The normalized spacial score (nSPS) is 22.9. The van der Waals surface area contributed by atoms with Gasteiger partial charge in [0.2, 0.25) is 0 Å². The second-order valence-electron chi connectivity index (χ2n) is 4.04. The predicted molar refractivity (Wildman–Crippen MR) is 57.0 cm³/mol. The zero-order valence-electron chi connectivity index (χ0n) is 8.86. The quantitative estimate of drug-likeness (QED) is 0.710. The molecule has 1 atom stereocenters. The summed E-state index contributed by atoms with van der Waals surface area (Å²) in [5, 5.41) is 0. The molecule has 0 spiro atoms. The molecule has 2 heteroatoms. The van der Waals surface area contributed by atoms with Gasteiger partial charge in [0.25, 0.3) is 0 Å². The van der Waals surface area contributed by atoms with Crippen LogP contribution in [0.3, 0.4) is 0 Å². The number of hydrogen-bond donors (Lipinski definition) is 0. The molecule has 0 saturated carbocycles. The molecule has 0 aromatic heterocycles. The Morgan fingerprint density at radius 1 is 1.43 bits per heavy atom. The van der Waals surface area contributed by atoms with Crippen LogP contribution in [0, 0.1) is 6.92 Å². The standard InChI is InChI=1S/C12H17NO/c1-10-5-3-4-6-12(10)8-13-7-11(2)14-9-13/h3-6,11H,7-9H2,1-2H3. The summed E-state index contributed by atoms with van der Waals surface area (Å²) in [6.07, 6.45) is 0.388. The van der Waals surface area contributed by atoms with E-state index in [-0.39, 0.29) is 0 Å². The van der Waals surface area contributed by atoms with Gasteiger partial charge in [0.15, 0.2) is 0 Å². The first-order valence-electron chi connectivity index (χ1n) is 5.14. The Hall–Kier alpha value is -0.860. The van der Waals surface area contributed by atoms with Crippen molar-refractivity contribution in [2.24, 2.45) is 0 Å². The fraction of sp³-hybridized carbons (Fsp3) is 0.500. The molecule has 76 valence electrons. The molecule has 1 saturated heterocycles. The number of aryl methyl sites for hydroxylation is 1. The van der Waals surface area contributed by atoms with Crippen molar-refractivity contribution in [3.8, 4) is 0 Å². The Morgan fingerprint density at radius 3 is 2.86 bits per heavy atom. The number of nitrogens with zero attached hydrogens (tertiary/aromatic N) is 1. The van der Waals surface area contributed by atoms with E-state index in [1.54, 1.807) is 0 Å². The van der Waals surface area contributed by atoms with Crippen molar-refractivity contribution in [3.63, 3.8) is 0 Å². The van der Waals surface area contributed by atoms with E-state index in [9.17, 15) is 0 Å². The summed E-state index contributed by atoms with van der Waals surface area (Å²) in [6, 6.07) is 8.54. The van der Waals surface area contributed by atoms with Gasteiger partial charge in [0.1, 0.15) is 0 Å². The summed E-state index contributed by atoms with van der Waals surface area (Å²) in [4.78, 5) is 2.34. The van der Waals surface area contributed by atoms with Crippen LogP contribution in [-0.2, 0) is 11.3 Å². The predicted octanol–water partition coefficient (Wildman–Crippen LogP) is 2.17. The Morgan fingerprint density at radius 2 is 2.21 bits per heavy atom. The van der Waals surface area contributed by atoms with Crippen LogP contribution in [-0.4, -0.2) is 24.3 Å². The molecule has 2 rings (SSSR count). The van der Waals surface area contributed by atoms with Gasteiger partial charge in [-0.3, -0.25) is 4.90 Å². The van der Waals surface area contributed by atoms with Gasteiger partial charge in [-0.2, -0.15) is 0 Å². The van der Waals surface area contributed by atoms with Crippen LogP contribution in [0.1, 0.15) is 18.1 Å². The lowest BCUT2D eigenvalue weighted by Gasteiger charge is -2.14. The second kappa shape index (κ2) is 4.11. The van der Waals surface area contributed by atoms with Crippen molar-refractivity contribution in [2.75, 3.05) is 13.3 Å². The topological polar surface area (TPSA) is 12.5 Å². The molecule has 1 aliphatic heterocycles. The van der Waals surface area contributed by atoms with E-state index >= 15 is 0 Å². The molecule has 0 radical (unpaired) electrons. The van der Waals surface area contributed by atoms with E-state index in [1.807, 2.05) is 0 Å². The maximum absolute atomic E-state index is 5.50. The van der Waals surface area contributed by atoms with E-state index in [4.69, 9.17) is 4.74 Å². The van der Waals surface area contributed by atoms with Crippen LogP contribution in [0.4, 0.5) is 0 Å². The molecule has 0 bridgehead atoms. The summed E-state index contributed by atoms with van der Waals surface area (Å²) in [5.41, 5.74) is 2.78. The molecule has 0 amide bonds. The maximum Gasteiger partial charge on any atom is 0.0998 e. The lowest BCUT2D eigenvalue weighted by Crippen LogP contribution is -2.21. The Balaban J connectivity index is 2.01. The Bertz CT molecular complexity index is 311. The minimum atomic E-state index is 0.388. The maximum atomic E-state index is 5.50. The third-order valence-corrected chi connectivity index (χ3v) is 2.71. The van der Waals surface area contributed by atoms with Gasteiger partial charge in [0, 0.05) is 13.1 Å². The molecular weight excluding hydrogens is 174 g/mol. The Labute approximate surface area is 85.5 Å². The molecule has 1 unspecified atom stereocenters. The van der Waals surface area contributed by atoms with E-state index in [1.165, 1.54) is 11.1 Å². The van der Waals surface area contributed by atoms with E-state index in [2.05, 4.69) is 43.0 Å². The van der Waals surface area contributed by atoms with Gasteiger partial charge in [0.05, 0.1) is 12.8 Å². The van der Waals surface area contributed by atoms with Crippen molar-refractivity contribution in [1.82, 2.24) is 4.90 Å². The number of benzene rings is 1. The molecular formula is C12H17NO. The summed E-state index contributed by atoms with van der Waals surface area (Å²) in [7, 11) is 0. The van der Waals surface area contributed by atoms with E-state index in [0.29, 0.717) is 6.10 Å². The molecule has 14 heavy (non-hydrogen) atoms. The zero-order chi connectivity index (χ0) is 9.97. The highest BCUT2D eigenvalue weighted by Gasteiger charge is 2.19. The second-order valence-corrected chi connectivity index (χ2v) is 4.04. The van der Waals surface area contributed by atoms with Crippen LogP contribution in [0.15, 0.2) is 24.3 Å². The van der Waals surface area contributed by atoms with Crippen LogP contribution < -0.4 is 0 Å². The van der Waals surface area contributed by atoms with Gasteiger partial charge in [-0.15, -0.1) is 0 Å². The van der Waals surface area contributed by atoms with Crippen LogP contribution in [0.5, 0.6) is 0 Å². The van der Waals surface area contributed by atoms with Crippen molar-refractivity contribution in [2.45, 2.75) is 26.5 Å². The highest BCUT2D eigenvalue weighted by atomic mass is 16.5. The van der Waals surface area contributed by atoms with E-state index < -0.39 is 0 Å². The third kappa shape index (κ3) is 2.14. The minimum absolute atomic E-state index is 0.388. The number of ether oxygens (including phenoxy) is 1. The molecule has 0 aliphatic carbocycles. The summed E-state index contributed by atoms with van der Waals surface area (Å²) in [5.74, 6) is 0. The summed E-state index contributed by atoms with van der Waals surface area (Å²) < 4.78 is 5.50. The molecule has 1 aliphatic rings. The van der Waals surface area contributed by atoms with Crippen molar-refractivity contribution in [3.05, 3.63) is 35.4 Å². The van der Waals surface area contributed by atoms with Gasteiger partial charge in [-0.1, -0.05) is 24.3 Å². The van der Waals surface area contributed by atoms with Gasteiger partial charge >= 0.3 is 0 Å². The highest BCUT2D eigenvalue weighted by molar-refractivity contribution is 5.25. The Kier molecular flexibility index (Phi) is 2.85. The number of hydrogen-bond acceptors (Lipinski definition) is 2. The zero-order valence-corrected chi connectivity index (χ0v) is 8.86. The molecule has 1 aromatic carbocycles. The first-order valence-corrected chi connectivity index (χ1v) is 5.14. The van der Waals surface area contributed by atoms with Crippen molar-refractivity contribution < 1.29 is 4.74 Å². The fourth-order valence-electron chi connectivity index (χ4n) is 1.84. The SMILES string of the molecule is Cc1ccccc1CN1COC(C)C1. The lowest BCUT2D eigenvalue weighted by molar-refractivity contribution is 0.0971. The van der Waals surface area contributed by atoms with Crippen LogP contribution in [0.2, 0.25) is 0 Å². The first kappa shape index (κ1) is 9.69. The molecule has 2 nitrogen and oxygen atoms in total. The largest absolute Gasteiger partial charge is 0.362 e. The molecule has 1 fully saturated rings. The van der Waals surface area contributed by atoms with Crippen LogP contribution in [0.25, 0.3) is 0 Å². The summed E-state index contributed by atoms with van der Waals surface area (Å²) in [6.45, 7) is 7.12. The van der Waals surface area contributed by atoms with Gasteiger partial charge < -0.3 is 4.74 Å². The first-order chi connectivity index (χ1) is 6.75. The number of rotatable bonds is 2. The molecule has 1 aromatic rings. The van der Waals surface area contributed by atoms with E-state index in [0.717, 1.165) is 19.8 Å². The fourth-order valence-corrected chi connectivity index (χ4v) is 1.84. The average Bonchev–Trinajstić information content (AvgIpc) is 2.56. The minimum Gasteiger partial charge on any atom is -0.362 e. The van der Waals surface area contributed by atoms with Gasteiger partial charge in [-0.05, 0) is 25.0 Å². The van der Waals surface area contributed by atoms with Crippen molar-refractivity contribution >= 4 is 0 Å². The van der Waals surface area contributed by atoms with Crippen LogP contribution >= 0.6 is 0 Å². The lowest BCUT2D eigenvalue weighted by atomic mass is 10.1.